The van der Waals surface area contributed by atoms with Crippen LogP contribution in [0, 0.1) is 12.0 Å². The largest absolute Gasteiger partial charge is 0.388 e. The Balaban J connectivity index is 2.90. The summed E-state index contributed by atoms with van der Waals surface area (Å²) in [6, 6.07) is 0. The zero-order chi connectivity index (χ0) is 11.8. The molecule has 0 amide bonds. The maximum atomic E-state index is 9.72. The molecule has 3 N–H and O–H groups in total. The van der Waals surface area contributed by atoms with Gasteiger partial charge in [0.25, 0.3) is 0 Å². The van der Waals surface area contributed by atoms with E-state index < -0.39 is 36.1 Å². The summed E-state index contributed by atoms with van der Waals surface area (Å²) in [6.45, 7) is 12.3. The monoisotopic (exact) mass is 215 g/mol. The fourth-order valence-corrected chi connectivity index (χ4v) is 1.68. The number of hydrogen-bond acceptors (Lipinski definition) is 4. The van der Waals surface area contributed by atoms with Crippen molar-refractivity contribution < 1.29 is 20.1 Å². The van der Waals surface area contributed by atoms with Crippen molar-refractivity contribution in [3.8, 4) is 0 Å². The van der Waals surface area contributed by atoms with Crippen LogP contribution in [0.4, 0.5) is 0 Å². The van der Waals surface area contributed by atoms with E-state index in [0.717, 1.165) is 0 Å². The van der Waals surface area contributed by atoms with Gasteiger partial charge in [0.05, 0.1) is 6.10 Å². The molecule has 0 aromatic heterocycles. The number of hydrogen-bond donors (Lipinski definition) is 3. The molecule has 1 heterocycles. The van der Waals surface area contributed by atoms with Gasteiger partial charge in [-0.25, -0.2) is 6.57 Å². The van der Waals surface area contributed by atoms with Crippen LogP contribution in [-0.4, -0.2) is 46.0 Å². The van der Waals surface area contributed by atoms with Crippen LogP contribution in [0.5, 0.6) is 0 Å². The van der Waals surface area contributed by atoms with E-state index in [1.807, 2.05) is 20.8 Å². The summed E-state index contributed by atoms with van der Waals surface area (Å²) in [4.78, 5) is 3.08. The molecular weight excluding hydrogens is 198 g/mol. The van der Waals surface area contributed by atoms with E-state index in [1.165, 1.54) is 0 Å². The standard InChI is InChI=1S/C10H17NO4/c1-10(2,3)8-6(13)5(12)7(14)9(11-4)15-8/h5-9,12-14H,1-3H3. The van der Waals surface area contributed by atoms with Gasteiger partial charge in [0, 0.05) is 0 Å². The molecule has 86 valence electrons. The second-order valence-electron chi connectivity index (χ2n) is 4.91. The number of ether oxygens (including phenoxy) is 1. The van der Waals surface area contributed by atoms with Gasteiger partial charge in [0.1, 0.15) is 12.2 Å². The van der Waals surface area contributed by atoms with Gasteiger partial charge in [-0.1, -0.05) is 20.8 Å². The van der Waals surface area contributed by atoms with Crippen molar-refractivity contribution in [2.75, 3.05) is 0 Å². The normalized spacial score (nSPS) is 42.3. The van der Waals surface area contributed by atoms with Gasteiger partial charge in [-0.2, -0.15) is 0 Å². The Labute approximate surface area is 89.1 Å². The van der Waals surface area contributed by atoms with Crippen LogP contribution in [0.15, 0.2) is 0 Å². The first-order chi connectivity index (χ1) is 6.79. The molecule has 0 bridgehead atoms. The molecule has 5 unspecified atom stereocenters. The van der Waals surface area contributed by atoms with Crippen molar-refractivity contribution in [2.45, 2.75) is 51.4 Å². The molecule has 0 aliphatic carbocycles. The number of nitrogens with zero attached hydrogens (tertiary/aromatic N) is 1. The fourth-order valence-electron chi connectivity index (χ4n) is 1.68. The molecule has 15 heavy (non-hydrogen) atoms. The van der Waals surface area contributed by atoms with Crippen LogP contribution in [0.2, 0.25) is 0 Å². The van der Waals surface area contributed by atoms with Gasteiger partial charge in [-0.3, -0.25) is 4.85 Å². The lowest BCUT2D eigenvalue weighted by atomic mass is 9.81. The first kappa shape index (κ1) is 12.4. The lowest BCUT2D eigenvalue weighted by Gasteiger charge is -2.41. The van der Waals surface area contributed by atoms with Gasteiger partial charge in [0.15, 0.2) is 6.10 Å². The molecule has 0 spiro atoms. The molecule has 1 aliphatic heterocycles. The second kappa shape index (κ2) is 4.06. The Hall–Kier alpha value is -0.670. The Kier molecular flexibility index (Phi) is 3.36. The summed E-state index contributed by atoms with van der Waals surface area (Å²) in [7, 11) is 0. The van der Waals surface area contributed by atoms with Crippen LogP contribution in [0.25, 0.3) is 4.85 Å². The van der Waals surface area contributed by atoms with Crippen LogP contribution < -0.4 is 0 Å². The quantitative estimate of drug-likeness (QED) is 0.487. The van der Waals surface area contributed by atoms with Crippen LogP contribution in [-0.2, 0) is 4.74 Å². The Morgan fingerprint density at radius 3 is 2.00 bits per heavy atom. The highest BCUT2D eigenvalue weighted by atomic mass is 16.5. The minimum absolute atomic E-state index is 0.399. The Morgan fingerprint density at radius 2 is 1.60 bits per heavy atom. The van der Waals surface area contributed by atoms with E-state index in [-0.39, 0.29) is 0 Å². The molecule has 5 atom stereocenters. The highest BCUT2D eigenvalue weighted by molar-refractivity contribution is 4.98. The van der Waals surface area contributed by atoms with E-state index in [2.05, 4.69) is 4.85 Å². The molecule has 0 aromatic carbocycles. The van der Waals surface area contributed by atoms with E-state index in [9.17, 15) is 15.3 Å². The summed E-state index contributed by atoms with van der Waals surface area (Å²) in [5.41, 5.74) is -0.399. The predicted octanol–water partition coefficient (Wildman–Crippen LogP) is -0.241. The minimum Gasteiger partial charge on any atom is -0.388 e. The minimum atomic E-state index is -1.35. The lowest BCUT2D eigenvalue weighted by Crippen LogP contribution is -2.59. The van der Waals surface area contributed by atoms with Crippen molar-refractivity contribution in [2.24, 2.45) is 5.41 Å². The molecule has 1 fully saturated rings. The van der Waals surface area contributed by atoms with Crippen molar-refractivity contribution in [3.05, 3.63) is 11.4 Å². The van der Waals surface area contributed by atoms with E-state index >= 15 is 0 Å². The summed E-state index contributed by atoms with van der Waals surface area (Å²) in [5, 5.41) is 28.7. The molecule has 5 heteroatoms. The summed E-state index contributed by atoms with van der Waals surface area (Å²) < 4.78 is 5.28. The first-order valence-corrected chi connectivity index (χ1v) is 4.85. The smallest absolute Gasteiger partial charge is 0.356 e. The lowest BCUT2D eigenvalue weighted by molar-refractivity contribution is -0.233. The molecule has 1 saturated heterocycles. The van der Waals surface area contributed by atoms with Crippen LogP contribution in [0.1, 0.15) is 20.8 Å². The van der Waals surface area contributed by atoms with Gasteiger partial charge in [-0.05, 0) is 5.41 Å². The third kappa shape index (κ3) is 2.29. The molecule has 1 aliphatic rings. The molecular formula is C10H17NO4. The van der Waals surface area contributed by atoms with Gasteiger partial charge in [-0.15, -0.1) is 0 Å². The third-order valence-corrected chi connectivity index (χ3v) is 2.57. The number of rotatable bonds is 0. The van der Waals surface area contributed by atoms with Crippen molar-refractivity contribution in [3.63, 3.8) is 0 Å². The van der Waals surface area contributed by atoms with Gasteiger partial charge >= 0.3 is 6.23 Å². The van der Waals surface area contributed by atoms with E-state index in [4.69, 9.17) is 11.3 Å². The van der Waals surface area contributed by atoms with E-state index in [0.29, 0.717) is 0 Å². The zero-order valence-corrected chi connectivity index (χ0v) is 9.08. The Bertz CT molecular complexity index is 268. The molecule has 0 radical (unpaired) electrons. The molecule has 0 saturated carbocycles. The number of aliphatic hydroxyl groups excluding tert-OH is 3. The maximum absolute atomic E-state index is 9.72. The average Bonchev–Trinajstić information content (AvgIpc) is 2.13. The zero-order valence-electron chi connectivity index (χ0n) is 9.08. The highest BCUT2D eigenvalue weighted by Gasteiger charge is 2.50. The highest BCUT2D eigenvalue weighted by Crippen LogP contribution is 2.33. The van der Waals surface area contributed by atoms with Crippen LogP contribution in [0.3, 0.4) is 0 Å². The van der Waals surface area contributed by atoms with E-state index in [1.54, 1.807) is 0 Å². The Morgan fingerprint density at radius 1 is 1.07 bits per heavy atom. The summed E-state index contributed by atoms with van der Waals surface area (Å²) >= 11 is 0. The van der Waals surface area contributed by atoms with Gasteiger partial charge < -0.3 is 20.1 Å². The van der Waals surface area contributed by atoms with Crippen molar-refractivity contribution in [1.29, 1.82) is 0 Å². The van der Waals surface area contributed by atoms with Crippen LogP contribution >= 0.6 is 0 Å². The van der Waals surface area contributed by atoms with Crippen molar-refractivity contribution >= 4 is 0 Å². The molecule has 1 rings (SSSR count). The fraction of sp³-hybridized carbons (Fsp3) is 0.900. The maximum Gasteiger partial charge on any atom is 0.356 e. The topological polar surface area (TPSA) is 74.3 Å². The predicted molar refractivity (Wildman–Crippen MR) is 52.7 cm³/mol. The SMILES string of the molecule is [C-]#[N+]C1OC(C(C)(C)C)C(O)C(O)C1O. The first-order valence-electron chi connectivity index (χ1n) is 4.85. The third-order valence-electron chi connectivity index (χ3n) is 2.57. The molecule has 0 aromatic rings. The van der Waals surface area contributed by atoms with Crippen molar-refractivity contribution in [1.82, 2.24) is 0 Å². The molecule has 5 nitrogen and oxygen atoms in total. The second-order valence-corrected chi connectivity index (χ2v) is 4.91. The summed E-state index contributed by atoms with van der Waals surface area (Å²) in [6.07, 6.45) is -5.61. The average molecular weight is 215 g/mol. The summed E-state index contributed by atoms with van der Waals surface area (Å²) in [5.74, 6) is 0. The number of aliphatic hydroxyl groups is 3. The van der Waals surface area contributed by atoms with Gasteiger partial charge in [0.2, 0.25) is 0 Å².